The first kappa shape index (κ1) is 9.47. The highest BCUT2D eigenvalue weighted by Gasteiger charge is 2.34. The molecule has 0 aromatic rings. The van der Waals surface area contributed by atoms with Gasteiger partial charge in [-0.2, -0.15) is 0 Å². The Labute approximate surface area is 80.9 Å². The second kappa shape index (κ2) is 3.97. The fraction of sp³-hybridized carbons (Fsp3) is 1.00. The van der Waals surface area contributed by atoms with Crippen LogP contribution in [0.1, 0.15) is 32.6 Å². The van der Waals surface area contributed by atoms with E-state index in [9.17, 15) is 5.11 Å². The summed E-state index contributed by atoms with van der Waals surface area (Å²) in [4.78, 5) is 2.45. The van der Waals surface area contributed by atoms with Gasteiger partial charge in [0.15, 0.2) is 0 Å². The second-order valence-corrected chi connectivity index (χ2v) is 4.87. The van der Waals surface area contributed by atoms with Crippen molar-refractivity contribution < 1.29 is 5.11 Å². The van der Waals surface area contributed by atoms with E-state index in [-0.39, 0.29) is 6.10 Å². The van der Waals surface area contributed by atoms with Gasteiger partial charge < -0.3 is 10.0 Å². The lowest BCUT2D eigenvalue weighted by Gasteiger charge is -2.23. The van der Waals surface area contributed by atoms with Gasteiger partial charge in [-0.1, -0.05) is 12.8 Å². The van der Waals surface area contributed by atoms with Crippen LogP contribution in [0.4, 0.5) is 0 Å². The van der Waals surface area contributed by atoms with E-state index in [0.29, 0.717) is 0 Å². The Balaban J connectivity index is 1.84. The van der Waals surface area contributed by atoms with Gasteiger partial charge in [-0.25, -0.2) is 0 Å². The van der Waals surface area contributed by atoms with Gasteiger partial charge in [0.1, 0.15) is 0 Å². The average Bonchev–Trinajstić information content (AvgIpc) is 2.44. The van der Waals surface area contributed by atoms with Gasteiger partial charge in [-0.05, 0) is 31.6 Å². The van der Waals surface area contributed by atoms with Gasteiger partial charge in [0.25, 0.3) is 0 Å². The summed E-state index contributed by atoms with van der Waals surface area (Å²) in [6, 6.07) is 0. The molecular weight excluding hydrogens is 162 g/mol. The molecule has 0 spiro atoms. The van der Waals surface area contributed by atoms with Crippen molar-refractivity contribution in [1.29, 1.82) is 0 Å². The summed E-state index contributed by atoms with van der Waals surface area (Å²) in [6.07, 6.45) is 5.58. The number of aliphatic hydroxyl groups excluding tert-OH is 1. The van der Waals surface area contributed by atoms with E-state index in [1.54, 1.807) is 0 Å². The van der Waals surface area contributed by atoms with Crippen LogP contribution in [0.25, 0.3) is 0 Å². The summed E-state index contributed by atoms with van der Waals surface area (Å²) in [5.74, 6) is 1.90. The van der Waals surface area contributed by atoms with Gasteiger partial charge in [-0.15, -0.1) is 0 Å². The summed E-state index contributed by atoms with van der Waals surface area (Å²) >= 11 is 0. The molecule has 1 saturated carbocycles. The minimum absolute atomic E-state index is 0.153. The molecule has 2 nitrogen and oxygen atoms in total. The number of nitrogens with zero attached hydrogens (tertiary/aromatic N) is 1. The van der Waals surface area contributed by atoms with E-state index in [2.05, 4.69) is 4.90 Å². The van der Waals surface area contributed by atoms with Crippen molar-refractivity contribution >= 4 is 0 Å². The molecule has 0 aromatic carbocycles. The Morgan fingerprint density at radius 1 is 1.23 bits per heavy atom. The number of β-amino-alcohol motifs (C(OH)–C–C–N with tert-alkyl or cyclic N) is 1. The second-order valence-electron chi connectivity index (χ2n) is 4.87. The fourth-order valence-corrected chi connectivity index (χ4v) is 3.03. The lowest BCUT2D eigenvalue weighted by molar-refractivity contribution is 0.137. The Kier molecular flexibility index (Phi) is 2.89. The van der Waals surface area contributed by atoms with Crippen LogP contribution >= 0.6 is 0 Å². The zero-order valence-electron chi connectivity index (χ0n) is 8.58. The number of hydrogen-bond donors (Lipinski definition) is 1. The van der Waals surface area contributed by atoms with Gasteiger partial charge in [-0.3, -0.25) is 0 Å². The summed E-state index contributed by atoms with van der Waals surface area (Å²) in [6.45, 7) is 5.26. The molecule has 76 valence electrons. The molecule has 1 aliphatic carbocycles. The SMILES string of the molecule is CC(O)CN1C[C@H]2CCCC[C@H]2C1. The molecule has 0 amide bonds. The first-order chi connectivity index (χ1) is 6.25. The molecule has 2 heteroatoms. The molecule has 1 heterocycles. The molecule has 3 atom stereocenters. The highest BCUT2D eigenvalue weighted by molar-refractivity contribution is 4.87. The zero-order valence-corrected chi connectivity index (χ0v) is 8.58. The molecule has 0 bridgehead atoms. The monoisotopic (exact) mass is 183 g/mol. The first-order valence-corrected chi connectivity index (χ1v) is 5.66. The minimum atomic E-state index is -0.153. The first-order valence-electron chi connectivity index (χ1n) is 5.66. The maximum absolute atomic E-state index is 9.30. The Bertz CT molecular complexity index is 155. The third kappa shape index (κ3) is 2.23. The molecule has 0 aromatic heterocycles. The topological polar surface area (TPSA) is 23.5 Å². The van der Waals surface area contributed by atoms with Crippen LogP contribution in [-0.2, 0) is 0 Å². The minimum Gasteiger partial charge on any atom is -0.392 e. The summed E-state index contributed by atoms with van der Waals surface area (Å²) < 4.78 is 0. The molecule has 1 unspecified atom stereocenters. The molecule has 2 rings (SSSR count). The normalized spacial score (nSPS) is 37.4. The number of hydrogen-bond acceptors (Lipinski definition) is 2. The number of aliphatic hydroxyl groups is 1. The molecule has 1 aliphatic heterocycles. The molecule has 2 aliphatic rings. The highest BCUT2D eigenvalue weighted by atomic mass is 16.3. The molecule has 2 fully saturated rings. The van der Waals surface area contributed by atoms with Crippen molar-refractivity contribution in [3.8, 4) is 0 Å². The summed E-state index contributed by atoms with van der Waals surface area (Å²) in [5, 5.41) is 9.30. The highest BCUT2D eigenvalue weighted by Crippen LogP contribution is 2.35. The van der Waals surface area contributed by atoms with E-state index in [0.717, 1.165) is 18.4 Å². The summed E-state index contributed by atoms with van der Waals surface area (Å²) in [5.41, 5.74) is 0. The van der Waals surface area contributed by atoms with Crippen molar-refractivity contribution in [2.75, 3.05) is 19.6 Å². The lowest BCUT2D eigenvalue weighted by Crippen LogP contribution is -2.29. The molecule has 13 heavy (non-hydrogen) atoms. The van der Waals surface area contributed by atoms with Gasteiger partial charge >= 0.3 is 0 Å². The third-order valence-corrected chi connectivity index (χ3v) is 3.57. The predicted molar refractivity (Wildman–Crippen MR) is 53.6 cm³/mol. The third-order valence-electron chi connectivity index (χ3n) is 3.57. The average molecular weight is 183 g/mol. The van der Waals surface area contributed by atoms with Crippen molar-refractivity contribution in [3.63, 3.8) is 0 Å². The van der Waals surface area contributed by atoms with Gasteiger partial charge in [0, 0.05) is 19.6 Å². The van der Waals surface area contributed by atoms with Crippen LogP contribution in [0.15, 0.2) is 0 Å². The van der Waals surface area contributed by atoms with Crippen LogP contribution in [-0.4, -0.2) is 35.7 Å². The standard InChI is InChI=1S/C11H21NO/c1-9(13)6-12-7-10-4-2-3-5-11(10)8-12/h9-11,13H,2-8H2,1H3/t9?,10-,11+. The van der Waals surface area contributed by atoms with Crippen molar-refractivity contribution in [2.45, 2.75) is 38.7 Å². The Hall–Kier alpha value is -0.0800. The molecule has 0 radical (unpaired) electrons. The van der Waals surface area contributed by atoms with E-state index < -0.39 is 0 Å². The van der Waals surface area contributed by atoms with Gasteiger partial charge in [0.2, 0.25) is 0 Å². The maximum Gasteiger partial charge on any atom is 0.0639 e. The Morgan fingerprint density at radius 2 is 1.77 bits per heavy atom. The van der Waals surface area contributed by atoms with Crippen LogP contribution in [0, 0.1) is 11.8 Å². The quantitative estimate of drug-likeness (QED) is 0.701. The van der Waals surface area contributed by atoms with Crippen molar-refractivity contribution in [2.24, 2.45) is 11.8 Å². The van der Waals surface area contributed by atoms with Crippen LogP contribution in [0.5, 0.6) is 0 Å². The Morgan fingerprint density at radius 3 is 2.23 bits per heavy atom. The van der Waals surface area contributed by atoms with Crippen LogP contribution < -0.4 is 0 Å². The maximum atomic E-state index is 9.30. The van der Waals surface area contributed by atoms with E-state index in [4.69, 9.17) is 0 Å². The molecule has 1 N–H and O–H groups in total. The molecular formula is C11H21NO. The number of fused-ring (bicyclic) bond motifs is 1. The number of rotatable bonds is 2. The van der Waals surface area contributed by atoms with Crippen molar-refractivity contribution in [1.82, 2.24) is 4.90 Å². The van der Waals surface area contributed by atoms with E-state index in [1.807, 2.05) is 6.92 Å². The predicted octanol–water partition coefficient (Wildman–Crippen LogP) is 1.49. The fourth-order valence-electron chi connectivity index (χ4n) is 3.03. The smallest absolute Gasteiger partial charge is 0.0639 e. The van der Waals surface area contributed by atoms with Crippen molar-refractivity contribution in [3.05, 3.63) is 0 Å². The lowest BCUT2D eigenvalue weighted by atomic mass is 9.82. The van der Waals surface area contributed by atoms with E-state index >= 15 is 0 Å². The van der Waals surface area contributed by atoms with Crippen LogP contribution in [0.2, 0.25) is 0 Å². The van der Waals surface area contributed by atoms with Gasteiger partial charge in [0.05, 0.1) is 6.10 Å². The molecule has 1 saturated heterocycles. The number of likely N-dealkylation sites (tertiary alicyclic amines) is 1. The zero-order chi connectivity index (χ0) is 9.26. The van der Waals surface area contributed by atoms with E-state index in [1.165, 1.54) is 38.8 Å². The summed E-state index contributed by atoms with van der Waals surface area (Å²) in [7, 11) is 0. The largest absolute Gasteiger partial charge is 0.392 e. The van der Waals surface area contributed by atoms with Crippen LogP contribution in [0.3, 0.4) is 0 Å².